The fourth-order valence-corrected chi connectivity index (χ4v) is 3.09. The Morgan fingerprint density at radius 3 is 1.72 bits per heavy atom. The highest BCUT2D eigenvalue weighted by Crippen LogP contribution is 2.35. The zero-order valence-electron chi connectivity index (χ0n) is 15.5. The molecule has 25 heavy (non-hydrogen) atoms. The fraction of sp³-hybridized carbons (Fsp3) is 0.250. The lowest BCUT2D eigenvalue weighted by Crippen LogP contribution is -1.90. The SMILES string of the molecule is CC(C)c1cccc(-c2ccc(O)c(-c3cccc(C(C)C)c3)c2)c1. The Morgan fingerprint density at radius 1 is 0.600 bits per heavy atom. The van der Waals surface area contributed by atoms with Crippen molar-refractivity contribution < 1.29 is 5.11 Å². The van der Waals surface area contributed by atoms with Crippen LogP contribution in [0.15, 0.2) is 66.7 Å². The largest absolute Gasteiger partial charge is 0.507 e. The van der Waals surface area contributed by atoms with Crippen LogP contribution in [0.5, 0.6) is 5.75 Å². The standard InChI is InChI=1S/C24H26O/c1-16(2)18-7-5-9-20(13-18)21-11-12-24(25)23(15-21)22-10-6-8-19(14-22)17(3)4/h5-17,25H,1-4H3. The van der Waals surface area contributed by atoms with Crippen molar-refractivity contribution in [3.63, 3.8) is 0 Å². The Hall–Kier alpha value is -2.54. The molecule has 0 saturated heterocycles. The van der Waals surface area contributed by atoms with E-state index in [0.717, 1.165) is 16.7 Å². The second kappa shape index (κ2) is 7.14. The number of rotatable bonds is 4. The smallest absolute Gasteiger partial charge is 0.123 e. The first-order valence-electron chi connectivity index (χ1n) is 8.99. The normalized spacial score (nSPS) is 11.3. The molecule has 0 aliphatic rings. The minimum absolute atomic E-state index is 0.324. The van der Waals surface area contributed by atoms with Crippen LogP contribution in [0.3, 0.4) is 0 Å². The summed E-state index contributed by atoms with van der Waals surface area (Å²) >= 11 is 0. The van der Waals surface area contributed by atoms with Gasteiger partial charge in [-0.3, -0.25) is 0 Å². The Bertz CT molecular complexity index is 875. The molecule has 1 N–H and O–H groups in total. The summed E-state index contributed by atoms with van der Waals surface area (Å²) in [6, 6.07) is 23.0. The quantitative estimate of drug-likeness (QED) is 0.547. The summed E-state index contributed by atoms with van der Waals surface area (Å²) in [7, 11) is 0. The maximum Gasteiger partial charge on any atom is 0.123 e. The van der Waals surface area contributed by atoms with Crippen LogP contribution in [-0.2, 0) is 0 Å². The van der Waals surface area contributed by atoms with Crippen molar-refractivity contribution in [2.24, 2.45) is 0 Å². The molecule has 0 aromatic heterocycles. The maximum atomic E-state index is 10.4. The van der Waals surface area contributed by atoms with Crippen LogP contribution in [0.2, 0.25) is 0 Å². The highest BCUT2D eigenvalue weighted by atomic mass is 16.3. The first-order valence-corrected chi connectivity index (χ1v) is 8.99. The average molecular weight is 330 g/mol. The van der Waals surface area contributed by atoms with Crippen LogP contribution >= 0.6 is 0 Å². The van der Waals surface area contributed by atoms with E-state index in [1.807, 2.05) is 6.07 Å². The van der Waals surface area contributed by atoms with Crippen LogP contribution < -0.4 is 0 Å². The second-order valence-electron chi connectivity index (χ2n) is 7.29. The van der Waals surface area contributed by atoms with Gasteiger partial charge < -0.3 is 5.11 Å². The molecule has 3 aromatic rings. The molecule has 0 aliphatic carbocycles. The summed E-state index contributed by atoms with van der Waals surface area (Å²) < 4.78 is 0. The number of hydrogen-bond acceptors (Lipinski definition) is 1. The first-order chi connectivity index (χ1) is 12.0. The number of phenols is 1. The van der Waals surface area contributed by atoms with Crippen LogP contribution in [0.4, 0.5) is 0 Å². The minimum atomic E-state index is 0.324. The topological polar surface area (TPSA) is 20.2 Å². The van der Waals surface area contributed by atoms with E-state index in [4.69, 9.17) is 0 Å². The van der Waals surface area contributed by atoms with Gasteiger partial charge in [0.15, 0.2) is 0 Å². The molecule has 0 spiro atoms. The van der Waals surface area contributed by atoms with E-state index in [2.05, 4.69) is 82.3 Å². The third-order valence-electron chi connectivity index (χ3n) is 4.75. The van der Waals surface area contributed by atoms with E-state index in [0.29, 0.717) is 17.6 Å². The number of phenolic OH excluding ortho intramolecular Hbond substituents is 1. The minimum Gasteiger partial charge on any atom is -0.507 e. The van der Waals surface area contributed by atoms with E-state index >= 15 is 0 Å². The van der Waals surface area contributed by atoms with Crippen molar-refractivity contribution in [3.8, 4) is 28.0 Å². The Morgan fingerprint density at radius 2 is 1.12 bits per heavy atom. The van der Waals surface area contributed by atoms with E-state index in [1.165, 1.54) is 16.7 Å². The van der Waals surface area contributed by atoms with Gasteiger partial charge in [0.25, 0.3) is 0 Å². The molecule has 0 atom stereocenters. The summed E-state index contributed by atoms with van der Waals surface area (Å²) in [5.74, 6) is 1.29. The summed E-state index contributed by atoms with van der Waals surface area (Å²) in [6.45, 7) is 8.79. The lowest BCUT2D eigenvalue weighted by atomic mass is 9.93. The van der Waals surface area contributed by atoms with Crippen LogP contribution in [0, 0.1) is 0 Å². The van der Waals surface area contributed by atoms with E-state index in [-0.39, 0.29) is 0 Å². The Labute approximate surface area is 151 Å². The van der Waals surface area contributed by atoms with Crippen molar-refractivity contribution in [2.45, 2.75) is 39.5 Å². The highest BCUT2D eigenvalue weighted by molar-refractivity contribution is 5.78. The number of benzene rings is 3. The fourth-order valence-electron chi connectivity index (χ4n) is 3.09. The van der Waals surface area contributed by atoms with Gasteiger partial charge in [0, 0.05) is 5.56 Å². The molecule has 3 aromatic carbocycles. The van der Waals surface area contributed by atoms with E-state index in [1.54, 1.807) is 6.07 Å². The summed E-state index contributed by atoms with van der Waals surface area (Å²) in [5.41, 5.74) is 6.87. The molecular formula is C24H26O. The van der Waals surface area contributed by atoms with Crippen LogP contribution in [0.25, 0.3) is 22.3 Å². The molecule has 0 aliphatic heterocycles. The number of hydrogen-bond donors (Lipinski definition) is 1. The van der Waals surface area contributed by atoms with Crippen molar-refractivity contribution in [3.05, 3.63) is 77.9 Å². The lowest BCUT2D eigenvalue weighted by molar-refractivity contribution is 0.477. The van der Waals surface area contributed by atoms with Gasteiger partial charge in [-0.25, -0.2) is 0 Å². The summed E-state index contributed by atoms with van der Waals surface area (Å²) in [5, 5.41) is 10.4. The molecule has 0 amide bonds. The van der Waals surface area contributed by atoms with Crippen molar-refractivity contribution in [1.82, 2.24) is 0 Å². The monoisotopic (exact) mass is 330 g/mol. The van der Waals surface area contributed by atoms with Crippen LogP contribution in [-0.4, -0.2) is 5.11 Å². The molecule has 1 nitrogen and oxygen atoms in total. The van der Waals surface area contributed by atoms with Gasteiger partial charge in [0.2, 0.25) is 0 Å². The number of aromatic hydroxyl groups is 1. The van der Waals surface area contributed by atoms with Gasteiger partial charge in [0.05, 0.1) is 0 Å². The van der Waals surface area contributed by atoms with Crippen molar-refractivity contribution in [2.75, 3.05) is 0 Å². The first kappa shape index (κ1) is 17.3. The molecule has 128 valence electrons. The van der Waals surface area contributed by atoms with Crippen LogP contribution in [0.1, 0.15) is 50.7 Å². The third-order valence-corrected chi connectivity index (χ3v) is 4.75. The van der Waals surface area contributed by atoms with E-state index < -0.39 is 0 Å². The molecule has 3 rings (SSSR count). The van der Waals surface area contributed by atoms with Gasteiger partial charge in [-0.15, -0.1) is 0 Å². The van der Waals surface area contributed by atoms with Crippen molar-refractivity contribution in [1.29, 1.82) is 0 Å². The zero-order chi connectivity index (χ0) is 18.0. The maximum absolute atomic E-state index is 10.4. The van der Waals surface area contributed by atoms with Crippen molar-refractivity contribution >= 4 is 0 Å². The molecule has 0 fully saturated rings. The van der Waals surface area contributed by atoms with Gasteiger partial charge in [-0.1, -0.05) is 82.3 Å². The Kier molecular flexibility index (Phi) is 4.94. The molecule has 0 radical (unpaired) electrons. The highest BCUT2D eigenvalue weighted by Gasteiger charge is 2.10. The molecule has 0 bridgehead atoms. The molecule has 0 saturated carbocycles. The van der Waals surface area contributed by atoms with E-state index in [9.17, 15) is 5.11 Å². The summed E-state index contributed by atoms with van der Waals surface area (Å²) in [6.07, 6.45) is 0. The molecular weight excluding hydrogens is 304 g/mol. The molecule has 0 heterocycles. The van der Waals surface area contributed by atoms with Gasteiger partial charge >= 0.3 is 0 Å². The van der Waals surface area contributed by atoms with Gasteiger partial charge in [-0.2, -0.15) is 0 Å². The predicted octanol–water partition coefficient (Wildman–Crippen LogP) is 6.97. The predicted molar refractivity (Wildman–Crippen MR) is 107 cm³/mol. The lowest BCUT2D eigenvalue weighted by Gasteiger charge is -2.13. The third kappa shape index (κ3) is 3.76. The Balaban J connectivity index is 2.07. The van der Waals surface area contributed by atoms with Gasteiger partial charge in [0.1, 0.15) is 5.75 Å². The van der Waals surface area contributed by atoms with Gasteiger partial charge in [-0.05, 0) is 51.8 Å². The average Bonchev–Trinajstić information content (AvgIpc) is 2.62. The molecule has 1 heteroatoms. The molecule has 0 unspecified atom stereocenters. The summed E-state index contributed by atoms with van der Waals surface area (Å²) in [4.78, 5) is 0. The zero-order valence-corrected chi connectivity index (χ0v) is 15.5. The second-order valence-corrected chi connectivity index (χ2v) is 7.29.